The van der Waals surface area contributed by atoms with E-state index in [1.165, 1.54) is 17.0 Å². The zero-order chi connectivity index (χ0) is 22.9. The molecule has 1 aliphatic rings. The van der Waals surface area contributed by atoms with Crippen molar-refractivity contribution in [2.24, 2.45) is 5.92 Å². The summed E-state index contributed by atoms with van der Waals surface area (Å²) in [6, 6.07) is 14.1. The molecule has 1 saturated heterocycles. The number of pyridine rings is 1. The van der Waals surface area contributed by atoms with Crippen molar-refractivity contribution in [1.82, 2.24) is 25.2 Å². The van der Waals surface area contributed by atoms with Gasteiger partial charge in [-0.15, -0.1) is 5.10 Å². The first kappa shape index (κ1) is 21.5. The molecule has 4 aromatic rings. The van der Waals surface area contributed by atoms with Gasteiger partial charge >= 0.3 is 0 Å². The van der Waals surface area contributed by atoms with Crippen molar-refractivity contribution in [3.8, 4) is 0 Å². The number of quaternary nitrogens is 1. The fourth-order valence-corrected chi connectivity index (χ4v) is 4.81. The molecule has 1 fully saturated rings. The third kappa shape index (κ3) is 4.43. The van der Waals surface area contributed by atoms with Gasteiger partial charge in [0.25, 0.3) is 5.56 Å². The van der Waals surface area contributed by atoms with Crippen LogP contribution in [0.4, 0.5) is 4.39 Å². The minimum atomic E-state index is -0.290. The van der Waals surface area contributed by atoms with Crippen LogP contribution in [-0.4, -0.2) is 38.3 Å². The Morgan fingerprint density at radius 2 is 1.91 bits per heavy atom. The number of aromatic amines is 1. The second-order valence-corrected chi connectivity index (χ2v) is 9.24. The average Bonchev–Trinajstić information content (AvgIpc) is 3.25. The van der Waals surface area contributed by atoms with Gasteiger partial charge in [-0.1, -0.05) is 30.7 Å². The summed E-state index contributed by atoms with van der Waals surface area (Å²) in [7, 11) is 0. The summed E-state index contributed by atoms with van der Waals surface area (Å²) < 4.78 is 15.1. The molecule has 0 amide bonds. The second-order valence-electron chi connectivity index (χ2n) is 9.24. The molecule has 0 aliphatic carbocycles. The molecule has 7 nitrogen and oxygen atoms in total. The molecular formula is C25H28FN6O+. The molecule has 0 unspecified atom stereocenters. The molecule has 2 aromatic heterocycles. The van der Waals surface area contributed by atoms with Gasteiger partial charge in [0, 0.05) is 5.52 Å². The SMILES string of the molecule is Cc1ccc2[nH]c(=O)c([C@H](c3nnnn3Cc3ccc(F)cc3)[NH+]3CCC(C)CC3)cc2c1. The lowest BCUT2D eigenvalue weighted by molar-refractivity contribution is -0.932. The minimum absolute atomic E-state index is 0.112. The Kier molecular flexibility index (Phi) is 5.76. The number of tetrazole rings is 1. The van der Waals surface area contributed by atoms with E-state index in [9.17, 15) is 9.18 Å². The smallest absolute Gasteiger partial charge is 0.258 e. The number of hydrogen-bond acceptors (Lipinski definition) is 4. The second kappa shape index (κ2) is 8.86. The lowest BCUT2D eigenvalue weighted by Crippen LogP contribution is -3.13. The third-order valence-electron chi connectivity index (χ3n) is 6.73. The standard InChI is InChI=1S/C25H27FN6O/c1-16-9-11-31(12-10-16)23(21-14-19-13-17(2)3-8-22(19)27-25(21)33)24-28-29-30-32(24)15-18-4-6-20(26)7-5-18/h3-8,13-14,16,23H,9-12,15H2,1-2H3,(H,27,33)/p+1/t23-/m1/s1. The largest absolute Gasteiger partial charge is 0.322 e. The van der Waals surface area contributed by atoms with Crippen LogP contribution in [0.3, 0.4) is 0 Å². The lowest BCUT2D eigenvalue weighted by atomic mass is 9.95. The Bertz CT molecular complexity index is 1320. The molecule has 5 rings (SSSR count). The molecule has 0 bridgehead atoms. The number of nitrogens with one attached hydrogen (secondary N) is 2. The number of H-pyrrole nitrogens is 1. The Labute approximate surface area is 191 Å². The predicted octanol–water partition coefficient (Wildman–Crippen LogP) is 2.41. The van der Waals surface area contributed by atoms with Crippen molar-refractivity contribution in [3.63, 3.8) is 0 Å². The number of aromatic nitrogens is 5. The Morgan fingerprint density at radius 1 is 1.15 bits per heavy atom. The number of rotatable bonds is 5. The number of hydrogen-bond donors (Lipinski definition) is 2. The van der Waals surface area contributed by atoms with E-state index in [1.54, 1.807) is 16.8 Å². The van der Waals surface area contributed by atoms with E-state index in [2.05, 4.69) is 33.5 Å². The highest BCUT2D eigenvalue weighted by atomic mass is 19.1. The molecule has 1 atom stereocenters. The van der Waals surface area contributed by atoms with Crippen molar-refractivity contribution >= 4 is 10.9 Å². The van der Waals surface area contributed by atoms with Crippen molar-refractivity contribution in [2.75, 3.05) is 13.1 Å². The molecule has 0 radical (unpaired) electrons. The average molecular weight is 448 g/mol. The van der Waals surface area contributed by atoms with Crippen LogP contribution < -0.4 is 10.5 Å². The molecule has 170 valence electrons. The van der Waals surface area contributed by atoms with Crippen LogP contribution in [0.5, 0.6) is 0 Å². The van der Waals surface area contributed by atoms with Crippen LogP contribution in [0.1, 0.15) is 48.3 Å². The van der Waals surface area contributed by atoms with Crippen LogP contribution in [0.2, 0.25) is 0 Å². The van der Waals surface area contributed by atoms with E-state index in [1.807, 2.05) is 25.1 Å². The van der Waals surface area contributed by atoms with Gasteiger partial charge in [-0.05, 0) is 77.4 Å². The maximum absolute atomic E-state index is 13.4. The van der Waals surface area contributed by atoms with E-state index >= 15 is 0 Å². The normalized spacial score (nSPS) is 19.6. The van der Waals surface area contributed by atoms with Gasteiger partial charge in [-0.25, -0.2) is 9.07 Å². The van der Waals surface area contributed by atoms with Crippen LogP contribution in [0.25, 0.3) is 10.9 Å². The Morgan fingerprint density at radius 3 is 2.67 bits per heavy atom. The summed E-state index contributed by atoms with van der Waals surface area (Å²) >= 11 is 0. The molecule has 0 spiro atoms. The van der Waals surface area contributed by atoms with Gasteiger partial charge in [0.2, 0.25) is 5.82 Å². The topological polar surface area (TPSA) is 80.9 Å². The van der Waals surface area contributed by atoms with Gasteiger partial charge in [0.15, 0.2) is 6.04 Å². The number of halogens is 1. The monoisotopic (exact) mass is 447 g/mol. The Hall–Kier alpha value is -3.39. The van der Waals surface area contributed by atoms with Crippen molar-refractivity contribution in [2.45, 2.75) is 39.3 Å². The van der Waals surface area contributed by atoms with Gasteiger partial charge in [-0.3, -0.25) is 4.79 Å². The minimum Gasteiger partial charge on any atom is -0.322 e. The molecule has 0 saturated carbocycles. The van der Waals surface area contributed by atoms with Crippen molar-refractivity contribution in [1.29, 1.82) is 0 Å². The highest BCUT2D eigenvalue weighted by Gasteiger charge is 2.36. The first-order chi connectivity index (χ1) is 16.0. The highest BCUT2D eigenvalue weighted by Crippen LogP contribution is 2.21. The number of piperidine rings is 1. The van der Waals surface area contributed by atoms with Crippen LogP contribution in [0.15, 0.2) is 53.3 Å². The van der Waals surface area contributed by atoms with Crippen LogP contribution in [-0.2, 0) is 6.54 Å². The first-order valence-electron chi connectivity index (χ1n) is 11.5. The molecule has 1 aliphatic heterocycles. The molecule has 2 aromatic carbocycles. The van der Waals surface area contributed by atoms with Gasteiger partial charge < -0.3 is 9.88 Å². The quantitative estimate of drug-likeness (QED) is 0.492. The van der Waals surface area contributed by atoms with Crippen LogP contribution in [0, 0.1) is 18.7 Å². The number of aryl methyl sites for hydroxylation is 1. The maximum atomic E-state index is 13.4. The summed E-state index contributed by atoms with van der Waals surface area (Å²) in [6.07, 6.45) is 2.19. The summed E-state index contributed by atoms with van der Waals surface area (Å²) in [5.41, 5.74) is 3.42. The molecule has 3 heterocycles. The zero-order valence-corrected chi connectivity index (χ0v) is 18.9. The first-order valence-corrected chi connectivity index (χ1v) is 11.5. The van der Waals surface area contributed by atoms with E-state index in [0.29, 0.717) is 23.9 Å². The lowest BCUT2D eigenvalue weighted by Gasteiger charge is -2.33. The highest BCUT2D eigenvalue weighted by molar-refractivity contribution is 5.79. The number of nitrogens with zero attached hydrogens (tertiary/aromatic N) is 4. The molecular weight excluding hydrogens is 419 g/mol. The fourth-order valence-electron chi connectivity index (χ4n) is 4.81. The number of fused-ring (bicyclic) bond motifs is 1. The van der Waals surface area contributed by atoms with E-state index < -0.39 is 0 Å². The van der Waals surface area contributed by atoms with Crippen LogP contribution >= 0.6 is 0 Å². The number of benzene rings is 2. The maximum Gasteiger partial charge on any atom is 0.258 e. The van der Waals surface area contributed by atoms with E-state index in [-0.39, 0.29) is 17.4 Å². The van der Waals surface area contributed by atoms with E-state index in [0.717, 1.165) is 48.0 Å². The van der Waals surface area contributed by atoms with Crippen molar-refractivity contribution < 1.29 is 9.29 Å². The molecule has 33 heavy (non-hydrogen) atoms. The summed E-state index contributed by atoms with van der Waals surface area (Å²) in [4.78, 5) is 17.6. The summed E-state index contributed by atoms with van der Waals surface area (Å²) in [6.45, 7) is 6.62. The fraction of sp³-hybridized carbons (Fsp3) is 0.360. The Balaban J connectivity index is 1.60. The summed E-state index contributed by atoms with van der Waals surface area (Å²) in [5.74, 6) is 1.04. The van der Waals surface area contributed by atoms with Gasteiger partial charge in [0.05, 0.1) is 25.2 Å². The number of likely N-dealkylation sites (tertiary alicyclic amines) is 1. The zero-order valence-electron chi connectivity index (χ0n) is 18.9. The summed E-state index contributed by atoms with van der Waals surface area (Å²) in [5, 5.41) is 13.6. The molecule has 8 heteroatoms. The van der Waals surface area contributed by atoms with Gasteiger partial charge in [0.1, 0.15) is 5.82 Å². The third-order valence-corrected chi connectivity index (χ3v) is 6.73. The van der Waals surface area contributed by atoms with Crippen molar-refractivity contribution in [3.05, 3.63) is 87.2 Å². The predicted molar refractivity (Wildman–Crippen MR) is 124 cm³/mol. The molecule has 2 N–H and O–H groups in total. The van der Waals surface area contributed by atoms with Gasteiger partial charge in [-0.2, -0.15) is 0 Å². The van der Waals surface area contributed by atoms with E-state index in [4.69, 9.17) is 0 Å².